The van der Waals surface area contributed by atoms with Gasteiger partial charge in [-0.2, -0.15) is 5.10 Å². The van der Waals surface area contributed by atoms with Gasteiger partial charge in [0.15, 0.2) is 11.8 Å². The highest BCUT2D eigenvalue weighted by molar-refractivity contribution is 5.80. The van der Waals surface area contributed by atoms with Gasteiger partial charge in [0.05, 0.1) is 6.54 Å². The second-order valence-electron chi connectivity index (χ2n) is 8.12. The molecule has 2 aliphatic carbocycles. The lowest BCUT2D eigenvalue weighted by molar-refractivity contribution is 0.113. The number of nitrogens with one attached hydrogen (secondary N) is 2. The lowest BCUT2D eigenvalue weighted by Gasteiger charge is -2.41. The normalized spacial score (nSPS) is 24.7. The highest BCUT2D eigenvalue weighted by Crippen LogP contribution is 2.57. The quantitative estimate of drug-likeness (QED) is 0.573. The van der Waals surface area contributed by atoms with E-state index in [1.54, 1.807) is 7.11 Å². The van der Waals surface area contributed by atoms with Gasteiger partial charge in [0, 0.05) is 32.7 Å². The van der Waals surface area contributed by atoms with E-state index in [2.05, 4.69) is 27.6 Å². The summed E-state index contributed by atoms with van der Waals surface area (Å²) in [6, 6.07) is 0.343. The summed E-state index contributed by atoms with van der Waals surface area (Å²) in [5, 5.41) is 11.6. The Morgan fingerprint density at radius 1 is 1.35 bits per heavy atom. The van der Waals surface area contributed by atoms with Crippen LogP contribution in [0.2, 0.25) is 0 Å². The third-order valence-electron chi connectivity index (χ3n) is 6.21. The molecule has 1 aliphatic heterocycles. The van der Waals surface area contributed by atoms with Crippen molar-refractivity contribution >= 4 is 5.96 Å². The fourth-order valence-corrected chi connectivity index (χ4v) is 4.44. The number of guanidine groups is 1. The van der Waals surface area contributed by atoms with Crippen molar-refractivity contribution in [1.82, 2.24) is 25.4 Å². The lowest BCUT2D eigenvalue weighted by atomic mass is 9.65. The number of rotatable bonds is 7. The van der Waals surface area contributed by atoms with Crippen molar-refractivity contribution in [3.8, 4) is 0 Å². The number of ether oxygens (including phenoxy) is 1. The van der Waals surface area contributed by atoms with Crippen LogP contribution in [0.4, 0.5) is 0 Å². The van der Waals surface area contributed by atoms with Crippen molar-refractivity contribution in [3.05, 3.63) is 11.6 Å². The molecule has 0 spiro atoms. The van der Waals surface area contributed by atoms with Gasteiger partial charge in [-0.05, 0) is 50.4 Å². The number of aromatic nitrogens is 3. The smallest absolute Gasteiger partial charge is 0.191 e. The van der Waals surface area contributed by atoms with Gasteiger partial charge in [-0.25, -0.2) is 9.67 Å². The van der Waals surface area contributed by atoms with Crippen molar-refractivity contribution < 1.29 is 4.74 Å². The van der Waals surface area contributed by atoms with Crippen LogP contribution in [0.5, 0.6) is 0 Å². The number of aryl methyl sites for hydroxylation is 1. The monoisotopic (exact) mass is 360 g/mol. The summed E-state index contributed by atoms with van der Waals surface area (Å²) in [5.74, 6) is 3.75. The van der Waals surface area contributed by atoms with Crippen LogP contribution >= 0.6 is 0 Å². The maximum absolute atomic E-state index is 5.15. The molecule has 1 unspecified atom stereocenters. The van der Waals surface area contributed by atoms with E-state index in [0.717, 1.165) is 56.0 Å². The Morgan fingerprint density at radius 3 is 2.85 bits per heavy atom. The second-order valence-corrected chi connectivity index (χ2v) is 8.12. The third kappa shape index (κ3) is 3.72. The zero-order valence-electron chi connectivity index (χ0n) is 16.1. The Morgan fingerprint density at radius 2 is 2.19 bits per heavy atom. The SMILES string of the molecule is CCNC(=NCC1(C2CC2)CCC1)NC1CCc2nc(COC)nn2C1. The molecule has 7 nitrogen and oxygen atoms in total. The molecular formula is C19H32N6O. The lowest BCUT2D eigenvalue weighted by Crippen LogP contribution is -2.48. The summed E-state index contributed by atoms with van der Waals surface area (Å²) in [6.07, 6.45) is 8.96. The largest absolute Gasteiger partial charge is 0.377 e. The van der Waals surface area contributed by atoms with Gasteiger partial charge < -0.3 is 15.4 Å². The van der Waals surface area contributed by atoms with Crippen LogP contribution in [-0.2, 0) is 24.3 Å². The molecule has 144 valence electrons. The standard InChI is InChI=1S/C19H32N6O/c1-3-20-18(21-13-19(9-4-10-19)14-5-6-14)22-15-7-8-17-23-16(12-26-2)24-25(17)11-15/h14-15H,3-13H2,1-2H3,(H2,20,21,22). The maximum atomic E-state index is 5.15. The van der Waals surface area contributed by atoms with E-state index >= 15 is 0 Å². The molecular weight excluding hydrogens is 328 g/mol. The first-order valence-electron chi connectivity index (χ1n) is 10.2. The molecule has 1 aromatic heterocycles. The van der Waals surface area contributed by atoms with Gasteiger partial charge in [-0.15, -0.1) is 0 Å². The van der Waals surface area contributed by atoms with E-state index in [0.29, 0.717) is 18.1 Å². The molecule has 0 amide bonds. The summed E-state index contributed by atoms with van der Waals surface area (Å²) in [6.45, 7) is 5.31. The van der Waals surface area contributed by atoms with Gasteiger partial charge in [-0.1, -0.05) is 6.42 Å². The molecule has 4 rings (SSSR count). The van der Waals surface area contributed by atoms with Crippen LogP contribution in [-0.4, -0.2) is 47.0 Å². The van der Waals surface area contributed by atoms with Crippen LogP contribution in [0.15, 0.2) is 4.99 Å². The number of hydrogen-bond donors (Lipinski definition) is 2. The van der Waals surface area contributed by atoms with Crippen molar-refractivity contribution in [2.24, 2.45) is 16.3 Å². The Balaban J connectivity index is 1.37. The zero-order valence-corrected chi connectivity index (χ0v) is 16.1. The van der Waals surface area contributed by atoms with E-state index in [-0.39, 0.29) is 0 Å². The Hall–Kier alpha value is -1.63. The number of nitrogens with zero attached hydrogens (tertiary/aromatic N) is 4. The van der Waals surface area contributed by atoms with E-state index < -0.39 is 0 Å². The predicted molar refractivity (Wildman–Crippen MR) is 101 cm³/mol. The average Bonchev–Trinajstić information content (AvgIpc) is 3.35. The molecule has 0 bridgehead atoms. The van der Waals surface area contributed by atoms with E-state index in [9.17, 15) is 0 Å². The van der Waals surface area contributed by atoms with Crippen molar-refractivity contribution in [2.75, 3.05) is 20.2 Å². The highest BCUT2D eigenvalue weighted by atomic mass is 16.5. The minimum absolute atomic E-state index is 0.343. The molecule has 2 saturated carbocycles. The maximum Gasteiger partial charge on any atom is 0.191 e. The molecule has 2 heterocycles. The molecule has 7 heteroatoms. The number of hydrogen-bond acceptors (Lipinski definition) is 4. The van der Waals surface area contributed by atoms with Crippen LogP contribution < -0.4 is 10.6 Å². The minimum Gasteiger partial charge on any atom is -0.377 e. The van der Waals surface area contributed by atoms with Crippen molar-refractivity contribution in [1.29, 1.82) is 0 Å². The van der Waals surface area contributed by atoms with Gasteiger partial charge in [0.1, 0.15) is 12.4 Å². The van der Waals surface area contributed by atoms with Gasteiger partial charge >= 0.3 is 0 Å². The second kappa shape index (κ2) is 7.55. The van der Waals surface area contributed by atoms with Gasteiger partial charge in [0.2, 0.25) is 0 Å². The topological polar surface area (TPSA) is 76.4 Å². The molecule has 0 radical (unpaired) electrons. The highest BCUT2D eigenvalue weighted by Gasteiger charge is 2.48. The summed E-state index contributed by atoms with van der Waals surface area (Å²) in [4.78, 5) is 9.54. The van der Waals surface area contributed by atoms with E-state index in [1.165, 1.54) is 32.1 Å². The molecule has 26 heavy (non-hydrogen) atoms. The Bertz CT molecular complexity index is 646. The van der Waals surface area contributed by atoms with Gasteiger partial charge in [0.25, 0.3) is 0 Å². The number of fused-ring (bicyclic) bond motifs is 1. The summed E-state index contributed by atoms with van der Waals surface area (Å²) in [7, 11) is 1.68. The summed E-state index contributed by atoms with van der Waals surface area (Å²) in [5.41, 5.74) is 0.517. The average molecular weight is 361 g/mol. The van der Waals surface area contributed by atoms with Crippen LogP contribution in [0.1, 0.15) is 57.1 Å². The zero-order chi connectivity index (χ0) is 18.0. The molecule has 1 atom stereocenters. The molecule has 0 aromatic carbocycles. The fraction of sp³-hybridized carbons (Fsp3) is 0.842. The van der Waals surface area contributed by atoms with Crippen molar-refractivity contribution in [2.45, 2.75) is 71.1 Å². The molecule has 2 N–H and O–H groups in total. The summed E-state index contributed by atoms with van der Waals surface area (Å²) >= 11 is 0. The molecule has 1 aromatic rings. The molecule has 3 aliphatic rings. The van der Waals surface area contributed by atoms with Gasteiger partial charge in [-0.3, -0.25) is 4.99 Å². The molecule has 2 fully saturated rings. The molecule has 0 saturated heterocycles. The van der Waals surface area contributed by atoms with Crippen LogP contribution in [0, 0.1) is 11.3 Å². The Kier molecular flexibility index (Phi) is 5.16. The first-order valence-corrected chi connectivity index (χ1v) is 10.2. The minimum atomic E-state index is 0.343. The summed E-state index contributed by atoms with van der Waals surface area (Å²) < 4.78 is 7.17. The van der Waals surface area contributed by atoms with Crippen molar-refractivity contribution in [3.63, 3.8) is 0 Å². The number of methoxy groups -OCH3 is 1. The van der Waals surface area contributed by atoms with Crippen LogP contribution in [0.3, 0.4) is 0 Å². The number of aliphatic imine (C=N–C) groups is 1. The third-order valence-corrected chi connectivity index (χ3v) is 6.21. The first kappa shape index (κ1) is 17.8. The van der Waals surface area contributed by atoms with Crippen LogP contribution in [0.25, 0.3) is 0 Å². The van der Waals surface area contributed by atoms with E-state index in [1.807, 2.05) is 4.68 Å². The Labute approximate surface area is 156 Å². The fourth-order valence-electron chi connectivity index (χ4n) is 4.44. The predicted octanol–water partition coefficient (Wildman–Crippen LogP) is 1.87. The first-order chi connectivity index (χ1) is 12.7. The van der Waals surface area contributed by atoms with E-state index in [4.69, 9.17) is 9.73 Å².